The number of benzene rings is 1. The van der Waals surface area contributed by atoms with Gasteiger partial charge in [0.1, 0.15) is 6.10 Å². The van der Waals surface area contributed by atoms with E-state index in [1.165, 1.54) is 12.8 Å². The number of esters is 1. The van der Waals surface area contributed by atoms with Crippen LogP contribution in [-0.2, 0) is 4.74 Å². The predicted octanol–water partition coefficient (Wildman–Crippen LogP) is 3.43. The zero-order chi connectivity index (χ0) is 13.4. The first-order chi connectivity index (χ1) is 9.10. The highest BCUT2D eigenvalue weighted by Gasteiger charge is 2.35. The summed E-state index contributed by atoms with van der Waals surface area (Å²) in [5.74, 6) is -0.337. The summed E-state index contributed by atoms with van der Waals surface area (Å²) >= 11 is 11.8. The first kappa shape index (κ1) is 13.2. The lowest BCUT2D eigenvalue weighted by Gasteiger charge is -2.28. The second-order valence-electron chi connectivity index (χ2n) is 5.29. The molecule has 1 unspecified atom stereocenters. The van der Waals surface area contributed by atoms with Crippen LogP contribution in [0, 0.1) is 0 Å². The second-order valence-corrected chi connectivity index (χ2v) is 6.17. The van der Waals surface area contributed by atoms with Crippen molar-refractivity contribution >= 4 is 29.2 Å². The SMILES string of the molecule is O=C(OC1C[C@H]2CC[C@@H](C1)N2)c1cc(Cl)cc(Cl)c1. The number of hydrogen-bond donors (Lipinski definition) is 1. The first-order valence-electron chi connectivity index (χ1n) is 6.53. The van der Waals surface area contributed by atoms with Crippen LogP contribution in [-0.4, -0.2) is 24.2 Å². The molecule has 3 rings (SSSR count). The molecule has 2 fully saturated rings. The monoisotopic (exact) mass is 299 g/mol. The zero-order valence-corrected chi connectivity index (χ0v) is 11.9. The summed E-state index contributed by atoms with van der Waals surface area (Å²) in [5, 5.41) is 4.42. The van der Waals surface area contributed by atoms with Crippen molar-refractivity contribution in [3.05, 3.63) is 33.8 Å². The lowest BCUT2D eigenvalue weighted by atomic mass is 10.0. The van der Waals surface area contributed by atoms with E-state index in [1.807, 2.05) is 0 Å². The van der Waals surface area contributed by atoms with E-state index < -0.39 is 0 Å². The zero-order valence-electron chi connectivity index (χ0n) is 10.4. The van der Waals surface area contributed by atoms with Crippen LogP contribution >= 0.6 is 23.2 Å². The van der Waals surface area contributed by atoms with Crippen LogP contribution in [0.5, 0.6) is 0 Å². The maximum Gasteiger partial charge on any atom is 0.338 e. The molecular weight excluding hydrogens is 285 g/mol. The lowest BCUT2D eigenvalue weighted by molar-refractivity contribution is 0.0177. The van der Waals surface area contributed by atoms with Gasteiger partial charge in [0.2, 0.25) is 0 Å². The molecule has 0 amide bonds. The van der Waals surface area contributed by atoms with Crippen molar-refractivity contribution in [2.75, 3.05) is 0 Å². The topological polar surface area (TPSA) is 38.3 Å². The molecule has 2 bridgehead atoms. The van der Waals surface area contributed by atoms with Gasteiger partial charge in [-0.3, -0.25) is 0 Å². The van der Waals surface area contributed by atoms with Crippen LogP contribution in [0.25, 0.3) is 0 Å². The van der Waals surface area contributed by atoms with Crippen LogP contribution in [0.2, 0.25) is 10.0 Å². The Balaban J connectivity index is 1.67. The summed E-state index contributed by atoms with van der Waals surface area (Å²) in [6.45, 7) is 0. The molecular formula is C14H15Cl2NO2. The van der Waals surface area contributed by atoms with Gasteiger partial charge in [-0.15, -0.1) is 0 Å². The standard InChI is InChI=1S/C14H15Cl2NO2/c15-9-3-8(4-10(16)5-9)14(18)19-13-6-11-1-2-12(7-13)17-11/h3-5,11-13,17H,1-2,6-7H2/t11-,12+,13?. The minimum absolute atomic E-state index is 0.00371. The van der Waals surface area contributed by atoms with Crippen molar-refractivity contribution < 1.29 is 9.53 Å². The molecule has 0 aliphatic carbocycles. The molecule has 19 heavy (non-hydrogen) atoms. The van der Waals surface area contributed by atoms with Gasteiger partial charge >= 0.3 is 5.97 Å². The normalized spacial score (nSPS) is 29.3. The van der Waals surface area contributed by atoms with Crippen LogP contribution in [0.4, 0.5) is 0 Å². The van der Waals surface area contributed by atoms with E-state index in [9.17, 15) is 4.79 Å². The van der Waals surface area contributed by atoms with Crippen LogP contribution in [0.3, 0.4) is 0 Å². The Morgan fingerprint density at radius 2 is 1.68 bits per heavy atom. The number of rotatable bonds is 2. The van der Waals surface area contributed by atoms with Gasteiger partial charge in [-0.25, -0.2) is 4.79 Å². The fourth-order valence-electron chi connectivity index (χ4n) is 2.99. The van der Waals surface area contributed by atoms with Gasteiger partial charge in [-0.1, -0.05) is 23.2 Å². The molecule has 0 saturated carbocycles. The number of ether oxygens (including phenoxy) is 1. The number of nitrogens with one attached hydrogen (secondary N) is 1. The molecule has 3 nitrogen and oxygen atoms in total. The summed E-state index contributed by atoms with van der Waals surface area (Å²) in [6, 6.07) is 5.78. The molecule has 0 radical (unpaired) electrons. The van der Waals surface area contributed by atoms with Gasteiger partial charge in [0, 0.05) is 22.1 Å². The van der Waals surface area contributed by atoms with Crippen molar-refractivity contribution in [2.24, 2.45) is 0 Å². The number of hydrogen-bond acceptors (Lipinski definition) is 3. The number of halogens is 2. The Bertz CT molecular complexity index is 474. The van der Waals surface area contributed by atoms with E-state index in [0.29, 0.717) is 27.7 Å². The van der Waals surface area contributed by atoms with Gasteiger partial charge in [-0.2, -0.15) is 0 Å². The molecule has 0 aromatic heterocycles. The van der Waals surface area contributed by atoms with E-state index in [2.05, 4.69) is 5.32 Å². The van der Waals surface area contributed by atoms with E-state index >= 15 is 0 Å². The van der Waals surface area contributed by atoms with Crippen molar-refractivity contribution in [3.8, 4) is 0 Å². The molecule has 1 aromatic carbocycles. The van der Waals surface area contributed by atoms with Crippen LogP contribution in [0.15, 0.2) is 18.2 Å². The highest BCUT2D eigenvalue weighted by atomic mass is 35.5. The third-order valence-electron chi connectivity index (χ3n) is 3.80. The Kier molecular flexibility index (Phi) is 3.70. The molecule has 2 heterocycles. The molecule has 1 N–H and O–H groups in total. The smallest absolute Gasteiger partial charge is 0.338 e. The highest BCUT2D eigenvalue weighted by molar-refractivity contribution is 6.35. The molecule has 2 aliphatic heterocycles. The first-order valence-corrected chi connectivity index (χ1v) is 7.29. The second kappa shape index (κ2) is 5.31. The summed E-state index contributed by atoms with van der Waals surface area (Å²) in [4.78, 5) is 12.1. The number of fused-ring (bicyclic) bond motifs is 2. The molecule has 0 spiro atoms. The average Bonchev–Trinajstić information content (AvgIpc) is 2.67. The summed E-state index contributed by atoms with van der Waals surface area (Å²) < 4.78 is 5.57. The number of piperidine rings is 1. The third kappa shape index (κ3) is 3.04. The Labute approximate surface area is 122 Å². The fourth-order valence-corrected chi connectivity index (χ4v) is 3.52. The van der Waals surface area contributed by atoms with E-state index in [4.69, 9.17) is 27.9 Å². The van der Waals surface area contributed by atoms with E-state index in [0.717, 1.165) is 12.8 Å². The molecule has 5 heteroatoms. The molecule has 1 aromatic rings. The predicted molar refractivity (Wildman–Crippen MR) is 74.8 cm³/mol. The lowest BCUT2D eigenvalue weighted by Crippen LogP contribution is -2.42. The van der Waals surface area contributed by atoms with Crippen molar-refractivity contribution in [2.45, 2.75) is 43.9 Å². The minimum atomic E-state index is -0.337. The maximum atomic E-state index is 12.1. The van der Waals surface area contributed by atoms with E-state index in [-0.39, 0.29) is 12.1 Å². The Morgan fingerprint density at radius 3 is 2.26 bits per heavy atom. The summed E-state index contributed by atoms with van der Waals surface area (Å²) in [7, 11) is 0. The summed E-state index contributed by atoms with van der Waals surface area (Å²) in [5.41, 5.74) is 0.420. The van der Waals surface area contributed by atoms with Crippen LogP contribution in [0.1, 0.15) is 36.0 Å². The fraction of sp³-hybridized carbons (Fsp3) is 0.500. The van der Waals surface area contributed by atoms with Crippen molar-refractivity contribution in [1.29, 1.82) is 0 Å². The molecule has 2 aliphatic rings. The van der Waals surface area contributed by atoms with Gasteiger partial charge < -0.3 is 10.1 Å². The summed E-state index contributed by atoms with van der Waals surface area (Å²) in [6.07, 6.45) is 4.17. The number of carbonyl (C=O) groups excluding carboxylic acids is 1. The molecule has 2 saturated heterocycles. The largest absolute Gasteiger partial charge is 0.459 e. The van der Waals surface area contributed by atoms with Gasteiger partial charge in [0.15, 0.2) is 0 Å². The minimum Gasteiger partial charge on any atom is -0.459 e. The van der Waals surface area contributed by atoms with Crippen molar-refractivity contribution in [3.63, 3.8) is 0 Å². The van der Waals surface area contributed by atoms with Crippen LogP contribution < -0.4 is 5.32 Å². The highest BCUT2D eigenvalue weighted by Crippen LogP contribution is 2.29. The molecule has 3 atom stereocenters. The Morgan fingerprint density at radius 1 is 1.11 bits per heavy atom. The third-order valence-corrected chi connectivity index (χ3v) is 4.24. The number of carbonyl (C=O) groups is 1. The van der Waals surface area contributed by atoms with Gasteiger partial charge in [-0.05, 0) is 43.9 Å². The quantitative estimate of drug-likeness (QED) is 0.850. The van der Waals surface area contributed by atoms with Gasteiger partial charge in [0.05, 0.1) is 5.56 Å². The average molecular weight is 300 g/mol. The Hall–Kier alpha value is -0.770. The van der Waals surface area contributed by atoms with E-state index in [1.54, 1.807) is 18.2 Å². The van der Waals surface area contributed by atoms with Crippen molar-refractivity contribution in [1.82, 2.24) is 5.32 Å². The van der Waals surface area contributed by atoms with Gasteiger partial charge in [0.25, 0.3) is 0 Å². The maximum absolute atomic E-state index is 12.1. The molecule has 102 valence electrons.